The van der Waals surface area contributed by atoms with Crippen LogP contribution in [0.5, 0.6) is 0 Å². The van der Waals surface area contributed by atoms with Crippen LogP contribution >= 0.6 is 11.6 Å². The third-order valence-electron chi connectivity index (χ3n) is 3.49. The first-order chi connectivity index (χ1) is 8.00. The van der Waals surface area contributed by atoms with Crippen LogP contribution in [0.4, 0.5) is 0 Å². The SMILES string of the molecule is Cc1nn(C)c(CC(O)C2OCCC2C)c1Cl. The maximum absolute atomic E-state index is 10.2. The molecule has 96 valence electrons. The standard InChI is InChI=1S/C12H19ClN2O2/c1-7-4-5-17-12(7)10(16)6-9-11(13)8(2)14-15(9)3/h7,10,12,16H,4-6H2,1-3H3. The number of hydrogen-bond acceptors (Lipinski definition) is 3. The van der Waals surface area contributed by atoms with E-state index in [0.29, 0.717) is 17.4 Å². The zero-order valence-corrected chi connectivity index (χ0v) is 11.2. The van der Waals surface area contributed by atoms with E-state index in [0.717, 1.165) is 24.4 Å². The summed E-state index contributed by atoms with van der Waals surface area (Å²) in [5.41, 5.74) is 1.68. The van der Waals surface area contributed by atoms with E-state index in [2.05, 4.69) is 12.0 Å². The molecule has 1 saturated heterocycles. The fraction of sp³-hybridized carbons (Fsp3) is 0.750. The van der Waals surface area contributed by atoms with E-state index >= 15 is 0 Å². The van der Waals surface area contributed by atoms with Crippen LogP contribution in [0.1, 0.15) is 24.7 Å². The second kappa shape index (κ2) is 4.96. The molecule has 0 aliphatic carbocycles. The Morgan fingerprint density at radius 1 is 1.65 bits per heavy atom. The van der Waals surface area contributed by atoms with Crippen LogP contribution in [-0.2, 0) is 18.2 Å². The highest BCUT2D eigenvalue weighted by Crippen LogP contribution is 2.27. The van der Waals surface area contributed by atoms with Gasteiger partial charge < -0.3 is 9.84 Å². The van der Waals surface area contributed by atoms with Crippen LogP contribution in [0.2, 0.25) is 5.02 Å². The van der Waals surface area contributed by atoms with Crippen molar-refractivity contribution in [1.82, 2.24) is 9.78 Å². The number of halogens is 1. The average molecular weight is 259 g/mol. The van der Waals surface area contributed by atoms with E-state index < -0.39 is 6.10 Å². The molecule has 3 atom stereocenters. The minimum atomic E-state index is -0.514. The van der Waals surface area contributed by atoms with Gasteiger partial charge in [0, 0.05) is 20.1 Å². The third kappa shape index (κ3) is 2.49. The normalized spacial score (nSPS) is 26.4. The zero-order chi connectivity index (χ0) is 12.6. The Kier molecular flexibility index (Phi) is 3.76. The van der Waals surface area contributed by atoms with Crippen molar-refractivity contribution in [1.29, 1.82) is 0 Å². The second-order valence-corrected chi connectivity index (χ2v) is 5.22. The van der Waals surface area contributed by atoms with Gasteiger partial charge in [0.25, 0.3) is 0 Å². The van der Waals surface area contributed by atoms with Gasteiger partial charge in [-0.3, -0.25) is 4.68 Å². The molecular formula is C12H19ClN2O2. The van der Waals surface area contributed by atoms with Gasteiger partial charge in [-0.15, -0.1) is 0 Å². The predicted molar refractivity (Wildman–Crippen MR) is 66.2 cm³/mol. The summed E-state index contributed by atoms with van der Waals surface area (Å²) in [6.45, 7) is 4.71. The number of aryl methyl sites for hydroxylation is 2. The summed E-state index contributed by atoms with van der Waals surface area (Å²) < 4.78 is 7.30. The summed E-state index contributed by atoms with van der Waals surface area (Å²) in [7, 11) is 1.85. The highest BCUT2D eigenvalue weighted by Gasteiger charge is 2.32. The predicted octanol–water partition coefficient (Wildman–Crippen LogP) is 1.71. The lowest BCUT2D eigenvalue weighted by molar-refractivity contribution is -0.0165. The van der Waals surface area contributed by atoms with Crippen molar-refractivity contribution in [2.75, 3.05) is 6.61 Å². The summed E-state index contributed by atoms with van der Waals surface area (Å²) in [4.78, 5) is 0. The fourth-order valence-corrected chi connectivity index (χ4v) is 2.66. The number of aliphatic hydroxyl groups excluding tert-OH is 1. The minimum absolute atomic E-state index is 0.0822. The maximum atomic E-state index is 10.2. The molecule has 5 heteroatoms. The lowest BCUT2D eigenvalue weighted by Crippen LogP contribution is -2.32. The van der Waals surface area contributed by atoms with E-state index in [1.807, 2.05) is 14.0 Å². The topological polar surface area (TPSA) is 47.3 Å². The summed E-state index contributed by atoms with van der Waals surface area (Å²) in [5.74, 6) is 0.401. The van der Waals surface area contributed by atoms with Crippen molar-refractivity contribution in [3.63, 3.8) is 0 Å². The largest absolute Gasteiger partial charge is 0.390 e. The molecule has 1 aliphatic rings. The van der Waals surface area contributed by atoms with Gasteiger partial charge >= 0.3 is 0 Å². The molecule has 0 spiro atoms. The molecule has 0 radical (unpaired) electrons. The van der Waals surface area contributed by atoms with Gasteiger partial charge in [0.1, 0.15) is 0 Å². The third-order valence-corrected chi connectivity index (χ3v) is 3.98. The Balaban J connectivity index is 2.10. The number of hydrogen-bond donors (Lipinski definition) is 1. The summed E-state index contributed by atoms with van der Waals surface area (Å²) in [5, 5.41) is 15.1. The molecule has 0 bridgehead atoms. The molecule has 1 fully saturated rings. The molecule has 17 heavy (non-hydrogen) atoms. The Bertz CT molecular complexity index is 405. The van der Waals surface area contributed by atoms with Gasteiger partial charge in [-0.05, 0) is 19.3 Å². The van der Waals surface area contributed by atoms with Crippen LogP contribution in [0.15, 0.2) is 0 Å². The van der Waals surface area contributed by atoms with Gasteiger partial charge in [-0.2, -0.15) is 5.10 Å². The molecule has 4 nitrogen and oxygen atoms in total. The Morgan fingerprint density at radius 2 is 2.35 bits per heavy atom. The van der Waals surface area contributed by atoms with Gasteiger partial charge in [-0.1, -0.05) is 18.5 Å². The second-order valence-electron chi connectivity index (χ2n) is 4.84. The van der Waals surface area contributed by atoms with E-state index in [1.165, 1.54) is 0 Å². The maximum Gasteiger partial charge on any atom is 0.0864 e. The van der Waals surface area contributed by atoms with Gasteiger partial charge in [0.05, 0.1) is 28.6 Å². The molecule has 2 heterocycles. The van der Waals surface area contributed by atoms with Crippen molar-refractivity contribution in [3.05, 3.63) is 16.4 Å². The Labute approximate surface area is 107 Å². The molecule has 1 aromatic rings. The van der Waals surface area contributed by atoms with Crippen LogP contribution in [-0.4, -0.2) is 33.7 Å². The average Bonchev–Trinajstić information content (AvgIpc) is 2.78. The van der Waals surface area contributed by atoms with E-state index in [1.54, 1.807) is 4.68 Å². The molecular weight excluding hydrogens is 240 g/mol. The first kappa shape index (κ1) is 12.9. The summed E-state index contributed by atoms with van der Waals surface area (Å²) in [6.07, 6.45) is 0.909. The fourth-order valence-electron chi connectivity index (χ4n) is 2.42. The first-order valence-electron chi connectivity index (χ1n) is 5.98. The van der Waals surface area contributed by atoms with Crippen molar-refractivity contribution < 1.29 is 9.84 Å². The molecule has 2 rings (SSSR count). The van der Waals surface area contributed by atoms with Crippen LogP contribution in [0, 0.1) is 12.8 Å². The lowest BCUT2D eigenvalue weighted by Gasteiger charge is -2.21. The van der Waals surface area contributed by atoms with Gasteiger partial charge in [0.15, 0.2) is 0 Å². The number of aliphatic hydroxyl groups is 1. The first-order valence-corrected chi connectivity index (χ1v) is 6.36. The number of nitrogens with zero attached hydrogens (tertiary/aromatic N) is 2. The number of ether oxygens (including phenoxy) is 1. The quantitative estimate of drug-likeness (QED) is 0.898. The molecule has 1 aromatic heterocycles. The van der Waals surface area contributed by atoms with Crippen LogP contribution in [0.3, 0.4) is 0 Å². The van der Waals surface area contributed by atoms with Crippen molar-refractivity contribution in [2.45, 2.75) is 38.9 Å². The zero-order valence-electron chi connectivity index (χ0n) is 10.5. The van der Waals surface area contributed by atoms with E-state index in [9.17, 15) is 5.11 Å². The van der Waals surface area contributed by atoms with E-state index in [4.69, 9.17) is 16.3 Å². The van der Waals surface area contributed by atoms with E-state index in [-0.39, 0.29) is 6.10 Å². The summed E-state index contributed by atoms with van der Waals surface area (Å²) in [6, 6.07) is 0. The Morgan fingerprint density at radius 3 is 2.82 bits per heavy atom. The van der Waals surface area contributed by atoms with Gasteiger partial charge in [0.2, 0.25) is 0 Å². The molecule has 3 unspecified atom stereocenters. The molecule has 0 aromatic carbocycles. The van der Waals surface area contributed by atoms with Crippen LogP contribution in [0.25, 0.3) is 0 Å². The number of aromatic nitrogens is 2. The van der Waals surface area contributed by atoms with Crippen molar-refractivity contribution >= 4 is 11.6 Å². The molecule has 1 aliphatic heterocycles. The molecule has 0 amide bonds. The van der Waals surface area contributed by atoms with Crippen LogP contribution < -0.4 is 0 Å². The molecule has 1 N–H and O–H groups in total. The number of rotatable bonds is 3. The highest BCUT2D eigenvalue weighted by atomic mass is 35.5. The lowest BCUT2D eigenvalue weighted by atomic mass is 9.96. The monoisotopic (exact) mass is 258 g/mol. The summed E-state index contributed by atoms with van der Waals surface area (Å²) >= 11 is 6.17. The van der Waals surface area contributed by atoms with Crippen molar-refractivity contribution in [2.24, 2.45) is 13.0 Å². The molecule has 0 saturated carbocycles. The minimum Gasteiger partial charge on any atom is -0.390 e. The smallest absolute Gasteiger partial charge is 0.0864 e. The highest BCUT2D eigenvalue weighted by molar-refractivity contribution is 6.31. The van der Waals surface area contributed by atoms with Crippen molar-refractivity contribution in [3.8, 4) is 0 Å². The van der Waals surface area contributed by atoms with Gasteiger partial charge in [-0.25, -0.2) is 0 Å². The Hall–Kier alpha value is -0.580.